The van der Waals surface area contributed by atoms with Crippen molar-refractivity contribution in [3.8, 4) is 0 Å². The van der Waals surface area contributed by atoms with E-state index < -0.39 is 6.04 Å². The fourth-order valence-electron chi connectivity index (χ4n) is 4.09. The van der Waals surface area contributed by atoms with Crippen molar-refractivity contribution in [1.82, 2.24) is 10.2 Å². The van der Waals surface area contributed by atoms with Crippen molar-refractivity contribution in [2.45, 2.75) is 46.7 Å². The van der Waals surface area contributed by atoms with Crippen LogP contribution in [0.15, 0.2) is 68.4 Å². The summed E-state index contributed by atoms with van der Waals surface area (Å²) in [5.41, 5.74) is 5.11. The van der Waals surface area contributed by atoms with E-state index in [0.717, 1.165) is 27.6 Å². The maximum absolute atomic E-state index is 13.0. The molecule has 0 bridgehead atoms. The predicted molar refractivity (Wildman–Crippen MR) is 128 cm³/mol. The van der Waals surface area contributed by atoms with E-state index in [0.29, 0.717) is 23.6 Å². The molecule has 1 amide bonds. The Bertz CT molecular complexity index is 1160. The minimum absolute atomic E-state index is 0.136. The highest BCUT2D eigenvalue weighted by Gasteiger charge is 2.41. The summed E-state index contributed by atoms with van der Waals surface area (Å²) in [6.45, 7) is 8.30. The average Bonchev–Trinajstić information content (AvgIpc) is 3.42. The molecule has 4 rings (SSSR count). The number of aliphatic imine (C=N–C) groups is 1. The topological polar surface area (TPSA) is 84.1 Å². The normalized spacial score (nSPS) is 17.5. The SMILES string of the molecule is CCOC(=O)C1=C(C)N=C2SC=C(CC(=O)NCc3ccco3)N2C1c1ccc(C)cc1C. The van der Waals surface area contributed by atoms with Crippen LogP contribution in [0.2, 0.25) is 0 Å². The van der Waals surface area contributed by atoms with Crippen LogP contribution in [-0.4, -0.2) is 28.6 Å². The zero-order valence-corrected chi connectivity index (χ0v) is 20.0. The lowest BCUT2D eigenvalue weighted by Gasteiger charge is -2.37. The number of benzene rings is 1. The minimum Gasteiger partial charge on any atom is -0.467 e. The van der Waals surface area contributed by atoms with Gasteiger partial charge in [-0.2, -0.15) is 0 Å². The van der Waals surface area contributed by atoms with Crippen LogP contribution >= 0.6 is 11.8 Å². The minimum atomic E-state index is -0.420. The molecule has 2 aliphatic rings. The molecule has 0 fully saturated rings. The average molecular weight is 466 g/mol. The predicted octanol–water partition coefficient (Wildman–Crippen LogP) is 4.74. The molecule has 1 N–H and O–H groups in total. The van der Waals surface area contributed by atoms with E-state index in [9.17, 15) is 9.59 Å². The largest absolute Gasteiger partial charge is 0.467 e. The smallest absolute Gasteiger partial charge is 0.338 e. The lowest BCUT2D eigenvalue weighted by molar-refractivity contribution is -0.139. The van der Waals surface area contributed by atoms with Gasteiger partial charge >= 0.3 is 5.97 Å². The first-order valence-corrected chi connectivity index (χ1v) is 11.7. The summed E-state index contributed by atoms with van der Waals surface area (Å²) in [5.74, 6) is 0.166. The molecule has 3 heterocycles. The van der Waals surface area contributed by atoms with Crippen LogP contribution in [0.3, 0.4) is 0 Å². The summed E-state index contributed by atoms with van der Waals surface area (Å²) >= 11 is 1.46. The molecule has 0 aliphatic carbocycles. The summed E-state index contributed by atoms with van der Waals surface area (Å²) in [4.78, 5) is 32.4. The van der Waals surface area contributed by atoms with Crippen molar-refractivity contribution in [2.75, 3.05) is 6.61 Å². The Morgan fingerprint density at radius 2 is 2.06 bits per heavy atom. The van der Waals surface area contributed by atoms with E-state index >= 15 is 0 Å². The van der Waals surface area contributed by atoms with Crippen LogP contribution in [0.5, 0.6) is 0 Å². The van der Waals surface area contributed by atoms with Gasteiger partial charge in [-0.3, -0.25) is 4.79 Å². The summed E-state index contributed by atoms with van der Waals surface area (Å²) in [7, 11) is 0. The highest BCUT2D eigenvalue weighted by molar-refractivity contribution is 8.16. The van der Waals surface area contributed by atoms with Crippen molar-refractivity contribution in [2.24, 2.45) is 4.99 Å². The summed E-state index contributed by atoms with van der Waals surface area (Å²) < 4.78 is 10.7. The van der Waals surface area contributed by atoms with Gasteiger partial charge in [0, 0.05) is 5.70 Å². The number of amidine groups is 1. The number of hydrogen-bond acceptors (Lipinski definition) is 7. The Balaban J connectivity index is 1.66. The lowest BCUT2D eigenvalue weighted by Crippen LogP contribution is -2.38. The maximum Gasteiger partial charge on any atom is 0.338 e. The van der Waals surface area contributed by atoms with E-state index in [-0.39, 0.29) is 24.9 Å². The highest BCUT2D eigenvalue weighted by atomic mass is 32.2. The Hall–Kier alpha value is -3.26. The van der Waals surface area contributed by atoms with Crippen LogP contribution in [0.4, 0.5) is 0 Å². The number of allylic oxidation sites excluding steroid dienone is 1. The summed E-state index contributed by atoms with van der Waals surface area (Å²) in [6.07, 6.45) is 1.73. The number of nitrogens with one attached hydrogen (secondary N) is 1. The molecule has 1 unspecified atom stereocenters. The molecule has 33 heavy (non-hydrogen) atoms. The van der Waals surface area contributed by atoms with Gasteiger partial charge < -0.3 is 19.4 Å². The van der Waals surface area contributed by atoms with Crippen molar-refractivity contribution >= 4 is 28.8 Å². The molecule has 1 atom stereocenters. The zero-order valence-electron chi connectivity index (χ0n) is 19.2. The molecule has 2 aliphatic heterocycles. The Labute approximate surface area is 197 Å². The highest BCUT2D eigenvalue weighted by Crippen LogP contribution is 2.45. The number of nitrogens with zero attached hydrogens (tertiary/aromatic N) is 2. The molecule has 2 aromatic rings. The first-order chi connectivity index (χ1) is 15.9. The van der Waals surface area contributed by atoms with E-state index in [4.69, 9.17) is 9.15 Å². The van der Waals surface area contributed by atoms with Gasteiger partial charge in [0.15, 0.2) is 5.17 Å². The number of carbonyl (C=O) groups is 2. The van der Waals surface area contributed by atoms with E-state index in [2.05, 4.69) is 16.4 Å². The zero-order chi connectivity index (χ0) is 23.5. The van der Waals surface area contributed by atoms with Gasteiger partial charge in [0.05, 0.1) is 43.1 Å². The molecule has 0 saturated carbocycles. The van der Waals surface area contributed by atoms with Crippen LogP contribution in [-0.2, 0) is 20.9 Å². The van der Waals surface area contributed by atoms with Gasteiger partial charge in [-0.1, -0.05) is 35.5 Å². The van der Waals surface area contributed by atoms with Crippen LogP contribution < -0.4 is 5.32 Å². The van der Waals surface area contributed by atoms with Crippen LogP contribution in [0, 0.1) is 13.8 Å². The van der Waals surface area contributed by atoms with E-state index in [1.165, 1.54) is 11.8 Å². The second-order valence-corrected chi connectivity index (χ2v) is 8.84. The van der Waals surface area contributed by atoms with Crippen LogP contribution in [0.25, 0.3) is 0 Å². The van der Waals surface area contributed by atoms with Crippen molar-refractivity contribution in [3.63, 3.8) is 0 Å². The fourth-order valence-corrected chi connectivity index (χ4v) is 5.06. The second-order valence-electron chi connectivity index (χ2n) is 8.01. The standard InChI is InChI=1S/C25H27N3O4S/c1-5-31-24(30)22-17(4)27-25-28(23(22)20-9-8-15(2)11-16(20)3)18(14-33-25)12-21(29)26-13-19-7-6-10-32-19/h6-11,14,23H,5,12-13H2,1-4H3,(H,26,29). The lowest BCUT2D eigenvalue weighted by atomic mass is 9.90. The van der Waals surface area contributed by atoms with E-state index in [1.807, 2.05) is 49.3 Å². The first-order valence-electron chi connectivity index (χ1n) is 10.9. The van der Waals surface area contributed by atoms with Gasteiger partial charge in [-0.15, -0.1) is 0 Å². The second kappa shape index (κ2) is 9.70. The molecule has 1 aromatic heterocycles. The first kappa shape index (κ1) is 22.9. The Morgan fingerprint density at radius 3 is 2.76 bits per heavy atom. The van der Waals surface area contributed by atoms with Crippen molar-refractivity contribution in [1.29, 1.82) is 0 Å². The van der Waals surface area contributed by atoms with Crippen molar-refractivity contribution in [3.05, 3.63) is 81.4 Å². The molecular weight excluding hydrogens is 438 g/mol. The quantitative estimate of drug-likeness (QED) is 0.595. The number of carbonyl (C=O) groups excluding carboxylic acids is 2. The molecule has 0 spiro atoms. The van der Waals surface area contributed by atoms with Gasteiger partial charge in [0.1, 0.15) is 5.76 Å². The third-order valence-corrected chi connectivity index (χ3v) is 6.49. The number of amides is 1. The monoisotopic (exact) mass is 465 g/mol. The fraction of sp³-hybridized carbons (Fsp3) is 0.320. The van der Waals surface area contributed by atoms with E-state index in [1.54, 1.807) is 19.3 Å². The molecule has 1 aromatic carbocycles. The van der Waals surface area contributed by atoms with Gasteiger partial charge in [-0.05, 0) is 56.4 Å². The Morgan fingerprint density at radius 1 is 1.24 bits per heavy atom. The Kier molecular flexibility index (Phi) is 6.74. The maximum atomic E-state index is 13.0. The number of ether oxygens (including phenoxy) is 1. The number of fused-ring (bicyclic) bond motifs is 1. The molecular formula is C25H27N3O4S. The number of aryl methyl sites for hydroxylation is 2. The third kappa shape index (κ3) is 4.75. The molecule has 0 saturated heterocycles. The summed E-state index contributed by atoms with van der Waals surface area (Å²) in [5, 5.41) is 5.57. The summed E-state index contributed by atoms with van der Waals surface area (Å²) in [6, 6.07) is 9.36. The van der Waals surface area contributed by atoms with Gasteiger partial charge in [-0.25, -0.2) is 9.79 Å². The number of esters is 1. The molecule has 172 valence electrons. The van der Waals surface area contributed by atoms with Gasteiger partial charge in [0.25, 0.3) is 0 Å². The number of rotatable bonds is 7. The number of furan rings is 1. The van der Waals surface area contributed by atoms with Crippen LogP contribution in [0.1, 0.15) is 48.8 Å². The molecule has 0 radical (unpaired) electrons. The number of thioether (sulfide) groups is 1. The molecule has 8 heteroatoms. The number of hydrogen-bond donors (Lipinski definition) is 1. The third-order valence-electron chi connectivity index (χ3n) is 5.60. The van der Waals surface area contributed by atoms with Gasteiger partial charge in [0.2, 0.25) is 5.91 Å². The molecule has 7 nitrogen and oxygen atoms in total. The van der Waals surface area contributed by atoms with Crippen molar-refractivity contribution < 1.29 is 18.7 Å².